The molecule has 0 unspecified atom stereocenters. The molecule has 2 aliphatic heterocycles. The minimum Gasteiger partial charge on any atom is -0.471 e. The molecule has 118 valence electrons. The van der Waals surface area contributed by atoms with Crippen molar-refractivity contribution in [2.45, 2.75) is 25.9 Å². The minimum atomic E-state index is -0.465. The van der Waals surface area contributed by atoms with E-state index < -0.39 is 12.3 Å². The lowest BCUT2D eigenvalue weighted by Crippen LogP contribution is -2.38. The fraction of sp³-hybridized carbons (Fsp3) is 0.667. The van der Waals surface area contributed by atoms with Crippen LogP contribution in [0.25, 0.3) is 0 Å². The molecule has 2 heterocycles. The summed E-state index contributed by atoms with van der Waals surface area (Å²) < 4.78 is 26.9. The molecule has 0 radical (unpaired) electrons. The van der Waals surface area contributed by atoms with Crippen molar-refractivity contribution in [3.63, 3.8) is 0 Å². The van der Waals surface area contributed by atoms with E-state index in [9.17, 15) is 4.79 Å². The molecule has 1 fully saturated rings. The second-order valence-electron chi connectivity index (χ2n) is 4.85. The molecule has 1 saturated heterocycles. The van der Waals surface area contributed by atoms with Gasteiger partial charge in [0.2, 0.25) is 6.29 Å². The highest BCUT2D eigenvalue weighted by Crippen LogP contribution is 2.37. The van der Waals surface area contributed by atoms with Crippen molar-refractivity contribution < 1.29 is 28.5 Å². The summed E-state index contributed by atoms with van der Waals surface area (Å²) in [5, 5.41) is 0. The Bertz CT molecular complexity index is 399. The summed E-state index contributed by atoms with van der Waals surface area (Å²) in [5.74, 6) is -0.764. The summed E-state index contributed by atoms with van der Waals surface area (Å²) in [6.07, 6.45) is 2.91. The number of esters is 1. The Labute approximate surface area is 124 Å². The average molecular weight is 298 g/mol. The van der Waals surface area contributed by atoms with Crippen molar-refractivity contribution >= 4 is 5.97 Å². The maximum absolute atomic E-state index is 11.9. The molecule has 0 amide bonds. The molecule has 0 saturated carbocycles. The Kier molecular flexibility index (Phi) is 5.78. The first-order chi connectivity index (χ1) is 10.2. The van der Waals surface area contributed by atoms with Crippen molar-refractivity contribution in [3.05, 3.63) is 24.5 Å². The van der Waals surface area contributed by atoms with Gasteiger partial charge in [0.25, 0.3) is 0 Å². The predicted molar refractivity (Wildman–Crippen MR) is 74.1 cm³/mol. The smallest absolute Gasteiger partial charge is 0.337 e. The predicted octanol–water partition coefficient (Wildman–Crippen LogP) is 1.62. The highest BCUT2D eigenvalue weighted by molar-refractivity contribution is 5.88. The molecule has 0 aliphatic carbocycles. The number of carbonyl (C=O) groups excluding carboxylic acids is 1. The van der Waals surface area contributed by atoms with Crippen LogP contribution in [0.1, 0.15) is 13.3 Å². The third kappa shape index (κ3) is 3.64. The Morgan fingerprint density at radius 3 is 2.76 bits per heavy atom. The lowest BCUT2D eigenvalue weighted by Gasteiger charge is -2.36. The van der Waals surface area contributed by atoms with Crippen molar-refractivity contribution in [1.82, 2.24) is 0 Å². The number of carbonyl (C=O) groups is 1. The quantitative estimate of drug-likeness (QED) is 0.548. The third-order valence-electron chi connectivity index (χ3n) is 3.67. The van der Waals surface area contributed by atoms with Crippen LogP contribution in [0.2, 0.25) is 0 Å². The SMILES string of the molecule is C=C[C@H]1[C@H](OCC)OC=C(C(=O)OC)[C@H]1CC1OCCO1. The zero-order chi connectivity index (χ0) is 15.2. The highest BCUT2D eigenvalue weighted by atomic mass is 16.7. The van der Waals surface area contributed by atoms with E-state index in [1.807, 2.05) is 6.92 Å². The molecule has 6 heteroatoms. The highest BCUT2D eigenvalue weighted by Gasteiger charge is 2.40. The van der Waals surface area contributed by atoms with Crippen LogP contribution in [0, 0.1) is 11.8 Å². The zero-order valence-electron chi connectivity index (χ0n) is 12.4. The summed E-state index contributed by atoms with van der Waals surface area (Å²) in [7, 11) is 1.35. The summed E-state index contributed by atoms with van der Waals surface area (Å²) in [4.78, 5) is 11.9. The molecule has 2 aliphatic rings. The van der Waals surface area contributed by atoms with Gasteiger partial charge >= 0.3 is 5.97 Å². The van der Waals surface area contributed by atoms with Gasteiger partial charge < -0.3 is 23.7 Å². The van der Waals surface area contributed by atoms with Crippen LogP contribution in [0.4, 0.5) is 0 Å². The monoisotopic (exact) mass is 298 g/mol. The van der Waals surface area contributed by atoms with Gasteiger partial charge in [0.1, 0.15) is 0 Å². The molecule has 0 spiro atoms. The van der Waals surface area contributed by atoms with Gasteiger partial charge in [-0.05, 0) is 6.92 Å². The van der Waals surface area contributed by atoms with E-state index in [1.54, 1.807) is 6.08 Å². The summed E-state index contributed by atoms with van der Waals surface area (Å²) in [6.45, 7) is 7.38. The second kappa shape index (κ2) is 7.59. The van der Waals surface area contributed by atoms with Crippen molar-refractivity contribution in [1.29, 1.82) is 0 Å². The number of hydrogen-bond donors (Lipinski definition) is 0. The van der Waals surface area contributed by atoms with Crippen LogP contribution >= 0.6 is 0 Å². The van der Waals surface area contributed by atoms with Gasteiger partial charge in [-0.15, -0.1) is 6.58 Å². The van der Waals surface area contributed by atoms with Crippen LogP contribution in [-0.4, -0.2) is 45.5 Å². The maximum atomic E-state index is 11.9. The van der Waals surface area contributed by atoms with Crippen LogP contribution in [-0.2, 0) is 28.5 Å². The van der Waals surface area contributed by atoms with Gasteiger partial charge in [-0.1, -0.05) is 6.08 Å². The summed E-state index contributed by atoms with van der Waals surface area (Å²) in [5.41, 5.74) is 0.456. The fourth-order valence-electron chi connectivity index (χ4n) is 2.66. The molecule has 0 aromatic carbocycles. The topological polar surface area (TPSA) is 63.2 Å². The van der Waals surface area contributed by atoms with Crippen LogP contribution in [0.15, 0.2) is 24.5 Å². The normalized spacial score (nSPS) is 29.6. The van der Waals surface area contributed by atoms with Crippen molar-refractivity contribution in [2.24, 2.45) is 11.8 Å². The first kappa shape index (κ1) is 16.0. The van der Waals surface area contributed by atoms with E-state index in [-0.39, 0.29) is 18.1 Å². The standard InChI is InChI=1S/C15H22O6/c1-4-10-11(8-13-19-6-7-20-13)12(14(16)17-3)9-21-15(10)18-5-2/h4,9-11,13,15H,1,5-8H2,2-3H3/t10-,11+,15-/m1/s1. The minimum absolute atomic E-state index is 0.170. The van der Waals surface area contributed by atoms with Crippen LogP contribution < -0.4 is 0 Å². The Hall–Kier alpha value is -1.37. The molecule has 0 bridgehead atoms. The lowest BCUT2D eigenvalue weighted by molar-refractivity contribution is -0.159. The van der Waals surface area contributed by atoms with Gasteiger partial charge in [-0.25, -0.2) is 4.79 Å². The van der Waals surface area contributed by atoms with Crippen molar-refractivity contribution in [3.8, 4) is 0 Å². The Morgan fingerprint density at radius 2 is 2.19 bits per heavy atom. The van der Waals surface area contributed by atoms with E-state index in [0.29, 0.717) is 31.8 Å². The fourth-order valence-corrected chi connectivity index (χ4v) is 2.66. The molecule has 0 aromatic rings. The molecule has 6 nitrogen and oxygen atoms in total. The molecular formula is C15H22O6. The molecular weight excluding hydrogens is 276 g/mol. The molecule has 3 atom stereocenters. The van der Waals surface area contributed by atoms with E-state index >= 15 is 0 Å². The van der Waals surface area contributed by atoms with Gasteiger partial charge in [-0.2, -0.15) is 0 Å². The summed E-state index contributed by atoms with van der Waals surface area (Å²) >= 11 is 0. The first-order valence-electron chi connectivity index (χ1n) is 7.12. The lowest BCUT2D eigenvalue weighted by atomic mass is 9.81. The first-order valence-corrected chi connectivity index (χ1v) is 7.12. The third-order valence-corrected chi connectivity index (χ3v) is 3.67. The van der Waals surface area contributed by atoms with Gasteiger partial charge in [0, 0.05) is 24.9 Å². The Morgan fingerprint density at radius 1 is 1.48 bits per heavy atom. The van der Waals surface area contributed by atoms with Gasteiger partial charge in [0.05, 0.1) is 32.2 Å². The number of hydrogen-bond acceptors (Lipinski definition) is 6. The van der Waals surface area contributed by atoms with Crippen LogP contribution in [0.3, 0.4) is 0 Å². The van der Waals surface area contributed by atoms with Crippen LogP contribution in [0.5, 0.6) is 0 Å². The maximum Gasteiger partial charge on any atom is 0.337 e. The number of ether oxygens (including phenoxy) is 5. The molecule has 21 heavy (non-hydrogen) atoms. The van der Waals surface area contributed by atoms with E-state index in [4.69, 9.17) is 23.7 Å². The molecule has 0 aromatic heterocycles. The van der Waals surface area contributed by atoms with Crippen molar-refractivity contribution in [2.75, 3.05) is 26.9 Å². The number of methoxy groups -OCH3 is 1. The Balaban J connectivity index is 2.20. The van der Waals surface area contributed by atoms with E-state index in [2.05, 4.69) is 6.58 Å². The van der Waals surface area contributed by atoms with E-state index in [1.165, 1.54) is 13.4 Å². The van der Waals surface area contributed by atoms with E-state index in [0.717, 1.165) is 0 Å². The largest absolute Gasteiger partial charge is 0.471 e. The summed E-state index contributed by atoms with van der Waals surface area (Å²) in [6, 6.07) is 0. The zero-order valence-corrected chi connectivity index (χ0v) is 12.4. The molecule has 2 rings (SSSR count). The van der Waals surface area contributed by atoms with Gasteiger partial charge in [0.15, 0.2) is 6.29 Å². The molecule has 0 N–H and O–H groups in total. The average Bonchev–Trinajstić information content (AvgIpc) is 3.00. The second-order valence-corrected chi connectivity index (χ2v) is 4.85. The number of rotatable bonds is 6. The van der Waals surface area contributed by atoms with Gasteiger partial charge in [-0.3, -0.25) is 0 Å².